The largest absolute Gasteiger partial charge is 0.374 e. The van der Waals surface area contributed by atoms with E-state index in [0.717, 1.165) is 36.0 Å². The molecule has 0 spiro atoms. The standard InChI is InChI=1S/C26H27F2N3O2/c27-21-5-3-6-22(28)24(21)16-8-10-30(11-9-16)14-20-19-4-1-2-7-23(19)29-25(20)26(32)31-13-18-12-17(31)15-33-18/h1-7,16-18,29H,8-15H2/t17-,18-/m0/s1. The number of carbonyl (C=O) groups is 1. The number of hydrogen-bond donors (Lipinski definition) is 1. The molecule has 1 aromatic heterocycles. The number of ether oxygens (including phenoxy) is 1. The number of piperidine rings is 1. The van der Waals surface area contributed by atoms with Crippen molar-refractivity contribution in [2.45, 2.75) is 43.9 Å². The van der Waals surface area contributed by atoms with Crippen LogP contribution in [0.25, 0.3) is 10.9 Å². The molecular formula is C26H27F2N3O2. The Balaban J connectivity index is 1.23. The number of H-pyrrole nitrogens is 1. The topological polar surface area (TPSA) is 48.6 Å². The number of amides is 1. The van der Waals surface area contributed by atoms with Crippen molar-refractivity contribution in [2.75, 3.05) is 26.2 Å². The first-order valence-corrected chi connectivity index (χ1v) is 11.8. The summed E-state index contributed by atoms with van der Waals surface area (Å²) in [6.07, 6.45) is 2.46. The van der Waals surface area contributed by atoms with Crippen molar-refractivity contribution >= 4 is 16.8 Å². The van der Waals surface area contributed by atoms with Gasteiger partial charge in [-0.05, 0) is 56.5 Å². The van der Waals surface area contributed by atoms with Gasteiger partial charge >= 0.3 is 0 Å². The van der Waals surface area contributed by atoms with Gasteiger partial charge in [0, 0.05) is 35.1 Å². The van der Waals surface area contributed by atoms with Crippen LogP contribution >= 0.6 is 0 Å². The summed E-state index contributed by atoms with van der Waals surface area (Å²) in [7, 11) is 0. The number of nitrogens with zero attached hydrogens (tertiary/aromatic N) is 2. The molecule has 0 radical (unpaired) electrons. The fraction of sp³-hybridized carbons (Fsp3) is 0.423. The summed E-state index contributed by atoms with van der Waals surface area (Å²) in [5.41, 5.74) is 2.84. The Labute approximate surface area is 191 Å². The molecule has 4 heterocycles. The van der Waals surface area contributed by atoms with Crippen LogP contribution in [0.1, 0.15) is 46.8 Å². The number of likely N-dealkylation sites (tertiary alicyclic amines) is 2. The number of aromatic amines is 1. The lowest BCUT2D eigenvalue weighted by Crippen LogP contribution is -2.42. The van der Waals surface area contributed by atoms with E-state index < -0.39 is 11.6 Å². The molecule has 3 aromatic rings. The Bertz CT molecular complexity index is 1180. The van der Waals surface area contributed by atoms with Crippen LogP contribution in [0.2, 0.25) is 0 Å². The Kier molecular flexibility index (Phi) is 5.18. The Morgan fingerprint density at radius 2 is 1.82 bits per heavy atom. The average Bonchev–Trinajstić information content (AvgIpc) is 3.55. The van der Waals surface area contributed by atoms with Gasteiger partial charge < -0.3 is 14.6 Å². The highest BCUT2D eigenvalue weighted by molar-refractivity contribution is 6.01. The number of nitrogens with one attached hydrogen (secondary N) is 1. The number of fused-ring (bicyclic) bond motifs is 3. The fourth-order valence-electron chi connectivity index (χ4n) is 5.84. The third-order valence-electron chi connectivity index (χ3n) is 7.57. The van der Waals surface area contributed by atoms with E-state index in [9.17, 15) is 13.6 Å². The lowest BCUT2D eigenvalue weighted by atomic mass is 9.88. The van der Waals surface area contributed by atoms with Crippen molar-refractivity contribution in [2.24, 2.45) is 0 Å². The minimum atomic E-state index is -0.457. The van der Waals surface area contributed by atoms with Gasteiger partial charge in [0.05, 0.1) is 18.8 Å². The molecule has 0 saturated carbocycles. The summed E-state index contributed by atoms with van der Waals surface area (Å²) < 4.78 is 34.2. The highest BCUT2D eigenvalue weighted by atomic mass is 19.1. The first-order chi connectivity index (χ1) is 16.1. The molecule has 7 heteroatoms. The summed E-state index contributed by atoms with van der Waals surface area (Å²) in [5, 5.41) is 1.06. The van der Waals surface area contributed by atoms with Crippen LogP contribution in [0, 0.1) is 11.6 Å². The molecule has 3 aliphatic heterocycles. The van der Waals surface area contributed by atoms with Crippen molar-refractivity contribution in [1.82, 2.24) is 14.8 Å². The number of rotatable bonds is 4. The van der Waals surface area contributed by atoms with Crippen LogP contribution in [0.4, 0.5) is 8.78 Å². The molecule has 0 aliphatic carbocycles. The number of carbonyl (C=O) groups excluding carboxylic acids is 1. The molecule has 3 fully saturated rings. The first-order valence-electron chi connectivity index (χ1n) is 11.8. The van der Waals surface area contributed by atoms with E-state index in [2.05, 4.69) is 16.0 Å². The van der Waals surface area contributed by atoms with Gasteiger partial charge in [0.1, 0.15) is 17.3 Å². The van der Waals surface area contributed by atoms with E-state index in [1.165, 1.54) is 18.2 Å². The number of para-hydroxylation sites is 1. The average molecular weight is 452 g/mol. The second-order valence-electron chi connectivity index (χ2n) is 9.51. The maximum Gasteiger partial charge on any atom is 0.271 e. The van der Waals surface area contributed by atoms with Crippen molar-refractivity contribution < 1.29 is 18.3 Å². The molecule has 172 valence electrons. The van der Waals surface area contributed by atoms with Gasteiger partial charge in [-0.3, -0.25) is 9.69 Å². The molecule has 6 rings (SSSR count). The minimum absolute atomic E-state index is 0.0420. The quantitative estimate of drug-likeness (QED) is 0.638. The lowest BCUT2D eigenvalue weighted by Gasteiger charge is -2.33. The number of aromatic nitrogens is 1. The van der Waals surface area contributed by atoms with Gasteiger partial charge in [-0.15, -0.1) is 0 Å². The maximum atomic E-state index is 14.3. The summed E-state index contributed by atoms with van der Waals surface area (Å²) in [5.74, 6) is -0.990. The molecule has 1 N–H and O–H groups in total. The van der Waals surface area contributed by atoms with E-state index in [4.69, 9.17) is 4.74 Å². The molecular weight excluding hydrogens is 424 g/mol. The second kappa shape index (κ2) is 8.22. The SMILES string of the molecule is O=C(c1[nH]c2ccccc2c1CN1CCC(c2c(F)cccc2F)CC1)N1C[C@@H]2C[C@H]1CO2. The van der Waals surface area contributed by atoms with Gasteiger partial charge in [0.25, 0.3) is 5.91 Å². The summed E-state index contributed by atoms with van der Waals surface area (Å²) >= 11 is 0. The number of hydrogen-bond acceptors (Lipinski definition) is 3. The third-order valence-corrected chi connectivity index (χ3v) is 7.57. The highest BCUT2D eigenvalue weighted by Crippen LogP contribution is 2.35. The monoisotopic (exact) mass is 451 g/mol. The second-order valence-corrected chi connectivity index (χ2v) is 9.51. The van der Waals surface area contributed by atoms with Crippen LogP contribution < -0.4 is 0 Å². The smallest absolute Gasteiger partial charge is 0.271 e. The Hall–Kier alpha value is -2.77. The zero-order valence-corrected chi connectivity index (χ0v) is 18.4. The molecule has 3 aliphatic rings. The van der Waals surface area contributed by atoms with Crippen molar-refractivity contribution in [3.8, 4) is 0 Å². The lowest BCUT2D eigenvalue weighted by molar-refractivity contribution is 0.0255. The van der Waals surface area contributed by atoms with Crippen LogP contribution in [0.3, 0.4) is 0 Å². The Morgan fingerprint density at radius 1 is 1.06 bits per heavy atom. The van der Waals surface area contributed by atoms with Crippen LogP contribution in [0.5, 0.6) is 0 Å². The first kappa shape index (κ1) is 20.8. The van der Waals surface area contributed by atoms with Gasteiger partial charge in [-0.25, -0.2) is 8.78 Å². The normalized spacial score (nSPS) is 23.6. The van der Waals surface area contributed by atoms with Gasteiger partial charge in [-0.2, -0.15) is 0 Å². The molecule has 2 atom stereocenters. The predicted octanol–water partition coefficient (Wildman–Crippen LogP) is 4.44. The van der Waals surface area contributed by atoms with Gasteiger partial charge in [-0.1, -0.05) is 24.3 Å². The van der Waals surface area contributed by atoms with Crippen LogP contribution in [0.15, 0.2) is 42.5 Å². The summed E-state index contributed by atoms with van der Waals surface area (Å²) in [4.78, 5) is 21.1. The highest BCUT2D eigenvalue weighted by Gasteiger charge is 2.42. The van der Waals surface area contributed by atoms with E-state index in [1.807, 2.05) is 23.1 Å². The summed E-state index contributed by atoms with van der Waals surface area (Å²) in [6, 6.07) is 12.3. The number of morpholine rings is 1. The van der Waals surface area contributed by atoms with Crippen LogP contribution in [-0.4, -0.2) is 59.1 Å². The molecule has 33 heavy (non-hydrogen) atoms. The zero-order valence-electron chi connectivity index (χ0n) is 18.4. The maximum absolute atomic E-state index is 14.3. The minimum Gasteiger partial charge on any atom is -0.374 e. The summed E-state index contributed by atoms with van der Waals surface area (Å²) in [6.45, 7) is 3.36. The zero-order chi connectivity index (χ0) is 22.5. The van der Waals surface area contributed by atoms with Crippen molar-refractivity contribution in [3.05, 3.63) is 70.9 Å². The van der Waals surface area contributed by atoms with Crippen molar-refractivity contribution in [3.63, 3.8) is 0 Å². The number of halogens is 2. The molecule has 1 amide bonds. The molecule has 3 saturated heterocycles. The van der Waals surface area contributed by atoms with E-state index in [-0.39, 0.29) is 29.5 Å². The van der Waals surface area contributed by atoms with E-state index >= 15 is 0 Å². The Morgan fingerprint density at radius 3 is 2.52 bits per heavy atom. The number of benzene rings is 2. The molecule has 0 unspecified atom stereocenters. The molecule has 2 bridgehead atoms. The van der Waals surface area contributed by atoms with Crippen LogP contribution in [-0.2, 0) is 11.3 Å². The third kappa shape index (κ3) is 3.63. The van der Waals surface area contributed by atoms with Gasteiger partial charge in [0.2, 0.25) is 0 Å². The molecule has 2 aromatic carbocycles. The van der Waals surface area contributed by atoms with Crippen molar-refractivity contribution in [1.29, 1.82) is 0 Å². The van der Waals surface area contributed by atoms with E-state index in [1.54, 1.807) is 0 Å². The molecule has 5 nitrogen and oxygen atoms in total. The fourth-order valence-corrected chi connectivity index (χ4v) is 5.84. The van der Waals surface area contributed by atoms with Gasteiger partial charge in [0.15, 0.2) is 0 Å². The predicted molar refractivity (Wildman–Crippen MR) is 121 cm³/mol. The van der Waals surface area contributed by atoms with E-state index in [0.29, 0.717) is 38.2 Å².